The van der Waals surface area contributed by atoms with Crippen LogP contribution in [0.25, 0.3) is 0 Å². The monoisotopic (exact) mass is 323 g/mol. The van der Waals surface area contributed by atoms with Crippen LogP contribution in [0, 0.1) is 0 Å². The number of rotatable bonds is 6. The predicted octanol–water partition coefficient (Wildman–Crippen LogP) is 2.48. The van der Waals surface area contributed by atoms with E-state index < -0.39 is 10.0 Å². The molecule has 1 rings (SSSR count). The van der Waals surface area contributed by atoms with Crippen LogP contribution in [0.4, 0.5) is 0 Å². The molecular formula is C10H14BrNO2S2. The second kappa shape index (κ2) is 6.64. The lowest BCUT2D eigenvalue weighted by Crippen LogP contribution is -2.25. The normalized spacial score (nSPS) is 11.6. The Kier molecular flexibility index (Phi) is 5.82. The minimum Gasteiger partial charge on any atom is -0.211 e. The number of sulfonamides is 1. The highest BCUT2D eigenvalue weighted by molar-refractivity contribution is 9.10. The molecule has 1 N–H and O–H groups in total. The van der Waals surface area contributed by atoms with Gasteiger partial charge in [0.1, 0.15) is 0 Å². The third-order valence-corrected chi connectivity index (χ3v) is 5.11. The highest BCUT2D eigenvalue weighted by atomic mass is 79.9. The van der Waals surface area contributed by atoms with Crippen molar-refractivity contribution in [2.75, 3.05) is 18.6 Å². The van der Waals surface area contributed by atoms with Crippen molar-refractivity contribution in [1.29, 1.82) is 0 Å². The van der Waals surface area contributed by atoms with Crippen molar-refractivity contribution >= 4 is 37.7 Å². The van der Waals surface area contributed by atoms with Gasteiger partial charge in [0.05, 0.1) is 4.90 Å². The topological polar surface area (TPSA) is 46.2 Å². The zero-order valence-corrected chi connectivity index (χ0v) is 12.2. The number of hydrogen-bond acceptors (Lipinski definition) is 3. The van der Waals surface area contributed by atoms with Gasteiger partial charge < -0.3 is 0 Å². The Balaban J connectivity index is 2.68. The molecule has 0 amide bonds. The molecule has 0 saturated carbocycles. The second-order valence-electron chi connectivity index (χ2n) is 3.17. The first-order chi connectivity index (χ1) is 7.58. The molecule has 90 valence electrons. The van der Waals surface area contributed by atoms with Crippen LogP contribution in [0.3, 0.4) is 0 Å². The van der Waals surface area contributed by atoms with Gasteiger partial charge in [0.2, 0.25) is 10.0 Å². The van der Waals surface area contributed by atoms with Gasteiger partial charge in [0.25, 0.3) is 0 Å². The summed E-state index contributed by atoms with van der Waals surface area (Å²) in [5.41, 5.74) is 0. The molecule has 1 aromatic carbocycles. The van der Waals surface area contributed by atoms with E-state index in [4.69, 9.17) is 0 Å². The lowest BCUT2D eigenvalue weighted by molar-refractivity contribution is 0.580. The van der Waals surface area contributed by atoms with E-state index >= 15 is 0 Å². The molecule has 0 heterocycles. The Morgan fingerprint density at radius 1 is 1.38 bits per heavy atom. The minimum absolute atomic E-state index is 0.291. The fourth-order valence-corrected chi connectivity index (χ4v) is 3.67. The van der Waals surface area contributed by atoms with Crippen LogP contribution in [-0.2, 0) is 10.0 Å². The first-order valence-electron chi connectivity index (χ1n) is 4.81. The van der Waals surface area contributed by atoms with E-state index in [0.29, 0.717) is 15.9 Å². The SMILES string of the molecule is CSCCCNS(=O)(=O)c1ccccc1Br. The van der Waals surface area contributed by atoms with E-state index in [-0.39, 0.29) is 0 Å². The predicted molar refractivity (Wildman–Crippen MR) is 72.3 cm³/mol. The Labute approximate surface area is 109 Å². The maximum atomic E-state index is 11.9. The number of hydrogen-bond donors (Lipinski definition) is 1. The van der Waals surface area contributed by atoms with Gasteiger partial charge >= 0.3 is 0 Å². The third kappa shape index (κ3) is 4.08. The summed E-state index contributed by atoms with van der Waals surface area (Å²) in [5.74, 6) is 0.957. The molecule has 1 aromatic rings. The largest absolute Gasteiger partial charge is 0.241 e. The third-order valence-electron chi connectivity index (χ3n) is 1.94. The number of benzene rings is 1. The van der Waals surface area contributed by atoms with Crippen LogP contribution in [0.1, 0.15) is 6.42 Å². The Hall–Kier alpha value is -0.0400. The van der Waals surface area contributed by atoms with Gasteiger partial charge in [-0.15, -0.1) is 0 Å². The van der Waals surface area contributed by atoms with E-state index in [1.165, 1.54) is 0 Å². The van der Waals surface area contributed by atoms with E-state index in [1.54, 1.807) is 36.0 Å². The molecule has 0 atom stereocenters. The summed E-state index contributed by atoms with van der Waals surface area (Å²) >= 11 is 4.94. The molecule has 3 nitrogen and oxygen atoms in total. The first-order valence-corrected chi connectivity index (χ1v) is 8.48. The highest BCUT2D eigenvalue weighted by Gasteiger charge is 2.15. The van der Waals surface area contributed by atoms with Crippen molar-refractivity contribution in [2.24, 2.45) is 0 Å². The summed E-state index contributed by atoms with van der Waals surface area (Å²) in [6, 6.07) is 6.80. The van der Waals surface area contributed by atoms with Crippen molar-refractivity contribution in [1.82, 2.24) is 4.72 Å². The van der Waals surface area contributed by atoms with Crippen molar-refractivity contribution in [2.45, 2.75) is 11.3 Å². The molecule has 0 unspecified atom stereocenters. The van der Waals surface area contributed by atoms with Gasteiger partial charge in [0, 0.05) is 11.0 Å². The fourth-order valence-electron chi connectivity index (χ4n) is 1.16. The highest BCUT2D eigenvalue weighted by Crippen LogP contribution is 2.20. The van der Waals surface area contributed by atoms with Crippen molar-refractivity contribution < 1.29 is 8.42 Å². The Bertz CT molecular complexity index is 434. The van der Waals surface area contributed by atoms with Crippen LogP contribution in [0.5, 0.6) is 0 Å². The number of thioether (sulfide) groups is 1. The molecule has 0 bridgehead atoms. The molecule has 0 radical (unpaired) electrons. The summed E-state index contributed by atoms with van der Waals surface area (Å²) in [6.07, 6.45) is 2.84. The fraction of sp³-hybridized carbons (Fsp3) is 0.400. The summed E-state index contributed by atoms with van der Waals surface area (Å²) in [4.78, 5) is 0.291. The van der Waals surface area contributed by atoms with E-state index in [0.717, 1.165) is 12.2 Å². The van der Waals surface area contributed by atoms with Gasteiger partial charge in [0.15, 0.2) is 0 Å². The van der Waals surface area contributed by atoms with Gasteiger partial charge in [-0.05, 0) is 46.5 Å². The van der Waals surface area contributed by atoms with Crippen LogP contribution in [-0.4, -0.2) is 27.0 Å². The standard InChI is InChI=1S/C10H14BrNO2S2/c1-15-8-4-7-12-16(13,14)10-6-3-2-5-9(10)11/h2-3,5-6,12H,4,7-8H2,1H3. The Morgan fingerprint density at radius 2 is 2.06 bits per heavy atom. The summed E-state index contributed by atoms with van der Waals surface area (Å²) < 4.78 is 26.9. The molecule has 16 heavy (non-hydrogen) atoms. The molecule has 0 aliphatic carbocycles. The average molecular weight is 324 g/mol. The summed E-state index contributed by atoms with van der Waals surface area (Å²) in [7, 11) is -3.38. The molecule has 0 aliphatic heterocycles. The Morgan fingerprint density at radius 3 is 2.69 bits per heavy atom. The van der Waals surface area contributed by atoms with Gasteiger partial charge in [-0.25, -0.2) is 13.1 Å². The van der Waals surface area contributed by atoms with Crippen LogP contribution in [0.15, 0.2) is 33.6 Å². The molecule has 0 spiro atoms. The van der Waals surface area contributed by atoms with Gasteiger partial charge in [-0.2, -0.15) is 11.8 Å². The molecule has 0 saturated heterocycles. The van der Waals surface area contributed by atoms with E-state index in [2.05, 4.69) is 20.7 Å². The summed E-state index contributed by atoms with van der Waals surface area (Å²) in [5, 5.41) is 0. The zero-order valence-electron chi connectivity index (χ0n) is 8.94. The van der Waals surface area contributed by atoms with Gasteiger partial charge in [-0.3, -0.25) is 0 Å². The molecule has 0 aliphatic rings. The number of halogens is 1. The smallest absolute Gasteiger partial charge is 0.211 e. The van der Waals surface area contributed by atoms with Gasteiger partial charge in [-0.1, -0.05) is 12.1 Å². The lowest BCUT2D eigenvalue weighted by atomic mass is 10.4. The maximum absolute atomic E-state index is 11.9. The first kappa shape index (κ1) is 14.0. The van der Waals surface area contributed by atoms with Crippen LogP contribution >= 0.6 is 27.7 Å². The van der Waals surface area contributed by atoms with Crippen LogP contribution < -0.4 is 4.72 Å². The number of nitrogens with one attached hydrogen (secondary N) is 1. The van der Waals surface area contributed by atoms with E-state index in [1.807, 2.05) is 6.26 Å². The van der Waals surface area contributed by atoms with Crippen molar-refractivity contribution in [3.63, 3.8) is 0 Å². The maximum Gasteiger partial charge on any atom is 0.241 e. The molecular weight excluding hydrogens is 310 g/mol. The zero-order chi connectivity index (χ0) is 12.0. The van der Waals surface area contributed by atoms with E-state index in [9.17, 15) is 8.42 Å². The molecule has 0 aromatic heterocycles. The molecule has 0 fully saturated rings. The van der Waals surface area contributed by atoms with Crippen molar-refractivity contribution in [3.8, 4) is 0 Å². The molecule has 6 heteroatoms. The lowest BCUT2D eigenvalue weighted by Gasteiger charge is -2.07. The van der Waals surface area contributed by atoms with Crippen LogP contribution in [0.2, 0.25) is 0 Å². The average Bonchev–Trinajstić information content (AvgIpc) is 2.25. The summed E-state index contributed by atoms with van der Waals surface area (Å²) in [6.45, 7) is 0.477. The second-order valence-corrected chi connectivity index (χ2v) is 6.75. The minimum atomic E-state index is -3.38. The quantitative estimate of drug-likeness (QED) is 0.818. The van der Waals surface area contributed by atoms with Crippen molar-refractivity contribution in [3.05, 3.63) is 28.7 Å².